The van der Waals surface area contributed by atoms with E-state index in [-0.39, 0.29) is 5.56 Å². The molecule has 1 aliphatic rings. The van der Waals surface area contributed by atoms with E-state index in [9.17, 15) is 4.79 Å². The minimum Gasteiger partial charge on any atom is -0.381 e. The number of nitrogens with one attached hydrogen (secondary N) is 1. The molecular weight excluding hydrogens is 304 g/mol. The lowest BCUT2D eigenvalue weighted by Gasteiger charge is -2.20. The molecule has 4 nitrogen and oxygen atoms in total. The Kier molecular flexibility index (Phi) is 3.02. The van der Waals surface area contributed by atoms with Crippen molar-refractivity contribution in [1.82, 2.24) is 9.97 Å². The van der Waals surface area contributed by atoms with Gasteiger partial charge in [0.1, 0.15) is 16.0 Å². The monoisotopic (exact) mass is 314 g/mol. The van der Waals surface area contributed by atoms with Crippen LogP contribution in [-0.2, 0) is 4.74 Å². The van der Waals surface area contributed by atoms with Crippen molar-refractivity contribution in [2.45, 2.75) is 18.8 Å². The molecule has 0 spiro atoms. The van der Waals surface area contributed by atoms with Crippen LogP contribution in [0.25, 0.3) is 10.2 Å². The first kappa shape index (κ1) is 11.4. The van der Waals surface area contributed by atoms with E-state index in [0.717, 1.165) is 41.9 Å². The highest BCUT2D eigenvalue weighted by atomic mass is 79.9. The minimum absolute atomic E-state index is 0.0350. The number of H-pyrrole nitrogens is 1. The van der Waals surface area contributed by atoms with Crippen LogP contribution in [0.1, 0.15) is 24.6 Å². The van der Waals surface area contributed by atoms with E-state index in [4.69, 9.17) is 4.74 Å². The Bertz CT molecular complexity index is 601. The Hall–Kier alpha value is -0.720. The average Bonchev–Trinajstić information content (AvgIpc) is 2.73. The topological polar surface area (TPSA) is 55.0 Å². The number of hydrogen-bond acceptors (Lipinski definition) is 4. The second-order valence-corrected chi connectivity index (χ2v) is 5.83. The van der Waals surface area contributed by atoms with Crippen molar-refractivity contribution in [3.63, 3.8) is 0 Å². The third-order valence-electron chi connectivity index (χ3n) is 3.01. The highest BCUT2D eigenvalue weighted by Crippen LogP contribution is 2.29. The molecule has 3 rings (SSSR count). The molecule has 2 aromatic rings. The summed E-state index contributed by atoms with van der Waals surface area (Å²) in [7, 11) is 0. The van der Waals surface area contributed by atoms with Gasteiger partial charge in [0.2, 0.25) is 0 Å². The van der Waals surface area contributed by atoms with Crippen molar-refractivity contribution in [2.75, 3.05) is 13.2 Å². The fourth-order valence-electron chi connectivity index (χ4n) is 2.08. The third kappa shape index (κ3) is 2.05. The molecule has 0 bridgehead atoms. The van der Waals surface area contributed by atoms with Gasteiger partial charge >= 0.3 is 0 Å². The predicted octanol–water partition coefficient (Wildman–Crippen LogP) is 2.64. The van der Waals surface area contributed by atoms with Gasteiger partial charge in [0.25, 0.3) is 5.56 Å². The number of aromatic nitrogens is 2. The molecule has 1 N–H and O–H groups in total. The number of halogens is 1. The molecule has 3 heterocycles. The van der Waals surface area contributed by atoms with Gasteiger partial charge in [-0.3, -0.25) is 4.79 Å². The molecule has 6 heteroatoms. The molecule has 0 radical (unpaired) electrons. The molecule has 1 aliphatic heterocycles. The Labute approximate surface area is 110 Å². The van der Waals surface area contributed by atoms with Crippen LogP contribution >= 0.6 is 27.3 Å². The van der Waals surface area contributed by atoms with Gasteiger partial charge in [-0.15, -0.1) is 11.3 Å². The predicted molar refractivity (Wildman–Crippen MR) is 70.7 cm³/mol. The number of ether oxygens (including phenoxy) is 1. The van der Waals surface area contributed by atoms with Crippen LogP contribution in [0.4, 0.5) is 0 Å². The molecule has 1 saturated heterocycles. The normalized spacial score (nSPS) is 17.7. The highest BCUT2D eigenvalue weighted by Gasteiger charge is 2.20. The lowest BCUT2D eigenvalue weighted by atomic mass is 9.99. The smallest absolute Gasteiger partial charge is 0.268 e. The van der Waals surface area contributed by atoms with E-state index in [1.165, 1.54) is 11.3 Å². The van der Waals surface area contributed by atoms with E-state index in [1.807, 2.05) is 5.38 Å². The van der Waals surface area contributed by atoms with Gasteiger partial charge in [-0.25, -0.2) is 4.98 Å². The number of thiophene rings is 1. The molecule has 0 atom stereocenters. The molecule has 1 fully saturated rings. The molecular formula is C11H11BrN2O2S. The maximum absolute atomic E-state index is 11.9. The van der Waals surface area contributed by atoms with Crippen LogP contribution in [0.3, 0.4) is 0 Å². The molecule has 0 aromatic carbocycles. The zero-order valence-electron chi connectivity index (χ0n) is 9.03. The van der Waals surface area contributed by atoms with Crippen LogP contribution in [0, 0.1) is 0 Å². The zero-order chi connectivity index (χ0) is 11.8. The fourth-order valence-corrected chi connectivity index (χ4v) is 3.54. The Morgan fingerprint density at radius 2 is 2.24 bits per heavy atom. The van der Waals surface area contributed by atoms with Crippen molar-refractivity contribution < 1.29 is 4.74 Å². The lowest BCUT2D eigenvalue weighted by Crippen LogP contribution is -2.19. The van der Waals surface area contributed by atoms with Crippen LogP contribution in [0.5, 0.6) is 0 Å². The second kappa shape index (κ2) is 4.51. The van der Waals surface area contributed by atoms with Crippen LogP contribution in [0.15, 0.2) is 14.6 Å². The standard InChI is InChI=1S/C11H11BrN2O2S/c12-7-5-17-9-8(7)13-10(14-11(9)15)6-1-3-16-4-2-6/h5-6H,1-4H2,(H,13,14,15). The minimum atomic E-state index is -0.0350. The summed E-state index contributed by atoms with van der Waals surface area (Å²) >= 11 is 4.85. The van der Waals surface area contributed by atoms with Gasteiger partial charge in [-0.05, 0) is 28.8 Å². The van der Waals surface area contributed by atoms with E-state index in [1.54, 1.807) is 0 Å². The van der Waals surface area contributed by atoms with Crippen molar-refractivity contribution in [2.24, 2.45) is 0 Å². The van der Waals surface area contributed by atoms with Gasteiger partial charge in [0, 0.05) is 24.5 Å². The number of nitrogens with zero attached hydrogens (tertiary/aromatic N) is 1. The molecule has 0 amide bonds. The number of aromatic amines is 1. The van der Waals surface area contributed by atoms with Gasteiger partial charge in [0.15, 0.2) is 0 Å². The van der Waals surface area contributed by atoms with Gasteiger partial charge < -0.3 is 9.72 Å². The lowest BCUT2D eigenvalue weighted by molar-refractivity contribution is 0.0836. The van der Waals surface area contributed by atoms with E-state index < -0.39 is 0 Å². The van der Waals surface area contributed by atoms with Crippen LogP contribution in [0.2, 0.25) is 0 Å². The summed E-state index contributed by atoms with van der Waals surface area (Å²) in [6, 6.07) is 0. The van der Waals surface area contributed by atoms with Crippen molar-refractivity contribution in [1.29, 1.82) is 0 Å². The molecule has 90 valence electrons. The van der Waals surface area contributed by atoms with E-state index in [2.05, 4.69) is 25.9 Å². The first-order chi connectivity index (χ1) is 8.25. The third-order valence-corrected chi connectivity index (χ3v) is 4.89. The van der Waals surface area contributed by atoms with Gasteiger partial charge in [-0.1, -0.05) is 0 Å². The first-order valence-electron chi connectivity index (χ1n) is 5.50. The summed E-state index contributed by atoms with van der Waals surface area (Å²) in [4.78, 5) is 19.4. The summed E-state index contributed by atoms with van der Waals surface area (Å²) in [6.45, 7) is 1.49. The molecule has 0 aliphatic carbocycles. The Morgan fingerprint density at radius 1 is 1.47 bits per heavy atom. The maximum Gasteiger partial charge on any atom is 0.268 e. The zero-order valence-corrected chi connectivity index (χ0v) is 11.4. The van der Waals surface area contributed by atoms with Crippen LogP contribution < -0.4 is 5.56 Å². The molecule has 0 saturated carbocycles. The largest absolute Gasteiger partial charge is 0.381 e. The number of rotatable bonds is 1. The summed E-state index contributed by atoms with van der Waals surface area (Å²) in [6.07, 6.45) is 1.85. The van der Waals surface area contributed by atoms with Crippen molar-refractivity contribution in [3.05, 3.63) is 26.0 Å². The van der Waals surface area contributed by atoms with E-state index in [0.29, 0.717) is 10.6 Å². The Balaban J connectivity index is 2.10. The molecule has 17 heavy (non-hydrogen) atoms. The SMILES string of the molecule is O=c1[nH]c(C2CCOCC2)nc2c(Br)csc12. The summed E-state index contributed by atoms with van der Waals surface area (Å²) in [5, 5.41) is 1.90. The fraction of sp³-hybridized carbons (Fsp3) is 0.455. The highest BCUT2D eigenvalue weighted by molar-refractivity contribution is 9.10. The second-order valence-electron chi connectivity index (χ2n) is 4.10. The van der Waals surface area contributed by atoms with Crippen molar-refractivity contribution >= 4 is 37.5 Å². The molecule has 2 aromatic heterocycles. The maximum atomic E-state index is 11.9. The van der Waals surface area contributed by atoms with Gasteiger partial charge in [0.05, 0.1) is 4.47 Å². The van der Waals surface area contributed by atoms with Crippen molar-refractivity contribution in [3.8, 4) is 0 Å². The van der Waals surface area contributed by atoms with Crippen LogP contribution in [-0.4, -0.2) is 23.2 Å². The molecule has 0 unspecified atom stereocenters. The quantitative estimate of drug-likeness (QED) is 0.880. The van der Waals surface area contributed by atoms with E-state index >= 15 is 0 Å². The number of hydrogen-bond donors (Lipinski definition) is 1. The van der Waals surface area contributed by atoms with Gasteiger partial charge in [-0.2, -0.15) is 0 Å². The summed E-state index contributed by atoms with van der Waals surface area (Å²) in [5.41, 5.74) is 0.743. The summed E-state index contributed by atoms with van der Waals surface area (Å²) < 4.78 is 6.91. The average molecular weight is 315 g/mol. The number of fused-ring (bicyclic) bond motifs is 1. The summed E-state index contributed by atoms with van der Waals surface area (Å²) in [5.74, 6) is 1.11. The first-order valence-corrected chi connectivity index (χ1v) is 7.17. The Morgan fingerprint density at radius 3 is 3.00 bits per heavy atom.